The van der Waals surface area contributed by atoms with Gasteiger partial charge in [-0.2, -0.15) is 0 Å². The van der Waals surface area contributed by atoms with E-state index in [0.29, 0.717) is 0 Å². The molecule has 2 rings (SSSR count). The molecule has 3 heteroatoms. The van der Waals surface area contributed by atoms with Crippen molar-refractivity contribution in [3.05, 3.63) is 0 Å². The molecule has 0 spiro atoms. The zero-order chi connectivity index (χ0) is 7.14. The number of fused-ring (bicyclic) bond motifs is 2. The number of esters is 1. The number of ether oxygens (including phenoxy) is 1. The van der Waals surface area contributed by atoms with Crippen LogP contribution in [0.5, 0.6) is 0 Å². The molecule has 1 aliphatic heterocycles. The largest absolute Gasteiger partial charge is 0.461 e. The number of hydrogen-bond donors (Lipinski definition) is 0. The normalized spacial score (nSPS) is 45.3. The first-order chi connectivity index (χ1) is 4.77. The van der Waals surface area contributed by atoms with E-state index in [1.54, 1.807) is 0 Å². The van der Waals surface area contributed by atoms with Crippen molar-refractivity contribution in [3.63, 3.8) is 0 Å². The second-order valence-electron chi connectivity index (χ2n) is 3.00. The highest BCUT2D eigenvalue weighted by Gasteiger charge is 2.42. The number of carbonyl (C=O) groups excluding carboxylic acids is 1. The van der Waals surface area contributed by atoms with E-state index >= 15 is 0 Å². The average Bonchev–Trinajstić information content (AvgIpc) is 2.21. The van der Waals surface area contributed by atoms with Gasteiger partial charge in [-0.1, -0.05) is 0 Å². The highest BCUT2D eigenvalue weighted by atomic mass is 35.5. The molecule has 1 saturated heterocycles. The molecule has 0 aromatic rings. The quantitative estimate of drug-likeness (QED) is 0.395. The van der Waals surface area contributed by atoms with Gasteiger partial charge in [-0.15, -0.1) is 11.6 Å². The molecule has 1 heterocycles. The van der Waals surface area contributed by atoms with Gasteiger partial charge in [0.15, 0.2) is 0 Å². The average molecular weight is 161 g/mol. The molecule has 1 aliphatic carbocycles. The van der Waals surface area contributed by atoms with Gasteiger partial charge in [0, 0.05) is 0 Å². The molecule has 10 heavy (non-hydrogen) atoms. The van der Waals surface area contributed by atoms with E-state index in [-0.39, 0.29) is 23.4 Å². The summed E-state index contributed by atoms with van der Waals surface area (Å²) in [5.41, 5.74) is 0. The minimum Gasteiger partial charge on any atom is -0.461 e. The zero-order valence-corrected chi connectivity index (χ0v) is 6.30. The molecule has 2 nitrogen and oxygen atoms in total. The van der Waals surface area contributed by atoms with Crippen molar-refractivity contribution >= 4 is 17.6 Å². The Labute approximate surface area is 64.5 Å². The fraction of sp³-hybridized carbons (Fsp3) is 0.857. The summed E-state index contributed by atoms with van der Waals surface area (Å²) in [6.07, 6.45) is 2.73. The van der Waals surface area contributed by atoms with Gasteiger partial charge in [0.1, 0.15) is 6.10 Å². The summed E-state index contributed by atoms with van der Waals surface area (Å²) >= 11 is 5.90. The predicted molar refractivity (Wildman–Crippen MR) is 36.9 cm³/mol. The molecular formula is C7H9ClO2. The topological polar surface area (TPSA) is 26.3 Å². The van der Waals surface area contributed by atoms with Gasteiger partial charge in [0.05, 0.1) is 11.3 Å². The van der Waals surface area contributed by atoms with E-state index in [9.17, 15) is 4.79 Å². The maximum absolute atomic E-state index is 10.9. The van der Waals surface area contributed by atoms with Crippen molar-refractivity contribution in [2.24, 2.45) is 5.92 Å². The fourth-order valence-electron chi connectivity index (χ4n) is 1.67. The third-order valence-electron chi connectivity index (χ3n) is 2.31. The van der Waals surface area contributed by atoms with Crippen LogP contribution in [0.4, 0.5) is 0 Å². The fourth-order valence-corrected chi connectivity index (χ4v) is 1.95. The van der Waals surface area contributed by atoms with E-state index in [0.717, 1.165) is 19.3 Å². The van der Waals surface area contributed by atoms with Gasteiger partial charge in [-0.25, -0.2) is 0 Å². The number of halogens is 1. The molecule has 56 valence electrons. The maximum atomic E-state index is 10.9. The summed E-state index contributed by atoms with van der Waals surface area (Å²) in [7, 11) is 0. The van der Waals surface area contributed by atoms with Crippen molar-refractivity contribution in [2.75, 3.05) is 0 Å². The van der Waals surface area contributed by atoms with Crippen LogP contribution in [-0.4, -0.2) is 17.5 Å². The summed E-state index contributed by atoms with van der Waals surface area (Å²) < 4.78 is 5.03. The molecule has 2 fully saturated rings. The molecule has 0 aromatic heterocycles. The number of hydrogen-bond acceptors (Lipinski definition) is 2. The van der Waals surface area contributed by atoms with Crippen LogP contribution in [0.15, 0.2) is 0 Å². The van der Waals surface area contributed by atoms with Crippen molar-refractivity contribution in [2.45, 2.75) is 30.7 Å². The van der Waals surface area contributed by atoms with Gasteiger partial charge in [0.2, 0.25) is 0 Å². The Morgan fingerprint density at radius 3 is 3.00 bits per heavy atom. The standard InChI is InChI=1S/C7H9ClO2/c8-5-2-1-4-3-6(5)10-7(4)9/h4-6H,1-3H2/t4-,5+,6-/m0/s1. The minimum atomic E-state index is -0.0341. The Morgan fingerprint density at radius 2 is 2.30 bits per heavy atom. The second kappa shape index (κ2) is 2.12. The minimum absolute atomic E-state index is 0.0212. The van der Waals surface area contributed by atoms with Crippen LogP contribution in [-0.2, 0) is 9.53 Å². The molecular weight excluding hydrogens is 152 g/mol. The van der Waals surface area contributed by atoms with Crippen molar-refractivity contribution in [1.82, 2.24) is 0 Å². The van der Waals surface area contributed by atoms with Gasteiger partial charge < -0.3 is 4.74 Å². The smallest absolute Gasteiger partial charge is 0.309 e. The highest BCUT2D eigenvalue weighted by Crippen LogP contribution is 2.36. The third-order valence-corrected chi connectivity index (χ3v) is 2.81. The SMILES string of the molecule is O=C1O[C@H]2C[C@@H]1CC[C@H]2Cl. The van der Waals surface area contributed by atoms with Crippen LogP contribution in [0.1, 0.15) is 19.3 Å². The van der Waals surface area contributed by atoms with Gasteiger partial charge in [-0.3, -0.25) is 4.79 Å². The van der Waals surface area contributed by atoms with Crippen LogP contribution in [0.2, 0.25) is 0 Å². The molecule has 3 atom stereocenters. The molecule has 0 radical (unpaired) electrons. The maximum Gasteiger partial charge on any atom is 0.309 e. The lowest BCUT2D eigenvalue weighted by Crippen LogP contribution is -2.23. The Bertz CT molecular complexity index is 169. The molecule has 0 amide bonds. The van der Waals surface area contributed by atoms with Crippen molar-refractivity contribution < 1.29 is 9.53 Å². The molecule has 0 aromatic carbocycles. The molecule has 0 N–H and O–H groups in total. The molecule has 2 bridgehead atoms. The van der Waals surface area contributed by atoms with E-state index in [4.69, 9.17) is 16.3 Å². The summed E-state index contributed by atoms with van der Waals surface area (Å²) in [5, 5.41) is 0.0719. The number of alkyl halides is 1. The lowest BCUT2D eigenvalue weighted by Gasteiger charge is -2.19. The van der Waals surface area contributed by atoms with Crippen molar-refractivity contribution in [1.29, 1.82) is 0 Å². The third kappa shape index (κ3) is 0.823. The first-order valence-corrected chi connectivity index (χ1v) is 4.05. The molecule has 2 aliphatic rings. The summed E-state index contributed by atoms with van der Waals surface area (Å²) in [4.78, 5) is 10.9. The second-order valence-corrected chi connectivity index (χ2v) is 3.56. The Morgan fingerprint density at radius 1 is 1.50 bits per heavy atom. The number of carbonyl (C=O) groups is 1. The summed E-state index contributed by atoms with van der Waals surface area (Å²) in [6.45, 7) is 0. The predicted octanol–water partition coefficient (Wildman–Crippen LogP) is 1.32. The van der Waals surface area contributed by atoms with E-state index < -0.39 is 0 Å². The molecule has 0 unspecified atom stereocenters. The van der Waals surface area contributed by atoms with Crippen molar-refractivity contribution in [3.8, 4) is 0 Å². The zero-order valence-electron chi connectivity index (χ0n) is 5.55. The van der Waals surface area contributed by atoms with Crippen LogP contribution in [0.3, 0.4) is 0 Å². The van der Waals surface area contributed by atoms with Crippen LogP contribution < -0.4 is 0 Å². The first kappa shape index (κ1) is 6.47. The Hall–Kier alpha value is -0.240. The van der Waals surface area contributed by atoms with Gasteiger partial charge >= 0.3 is 5.97 Å². The molecule has 1 saturated carbocycles. The lowest BCUT2D eigenvalue weighted by atomic mass is 9.90. The monoisotopic (exact) mass is 160 g/mol. The Balaban J connectivity index is 2.15. The van der Waals surface area contributed by atoms with Gasteiger partial charge in [0.25, 0.3) is 0 Å². The highest BCUT2D eigenvalue weighted by molar-refractivity contribution is 6.21. The van der Waals surface area contributed by atoms with E-state index in [2.05, 4.69) is 0 Å². The summed E-state index contributed by atoms with van der Waals surface area (Å²) in [5.74, 6) is 0.133. The van der Waals surface area contributed by atoms with Crippen LogP contribution >= 0.6 is 11.6 Å². The van der Waals surface area contributed by atoms with E-state index in [1.165, 1.54) is 0 Å². The first-order valence-electron chi connectivity index (χ1n) is 3.62. The Kier molecular flexibility index (Phi) is 1.37. The lowest BCUT2D eigenvalue weighted by molar-refractivity contribution is -0.143. The summed E-state index contributed by atoms with van der Waals surface area (Å²) in [6, 6.07) is 0. The number of rotatable bonds is 0. The van der Waals surface area contributed by atoms with E-state index in [1.807, 2.05) is 0 Å². The van der Waals surface area contributed by atoms with Crippen LogP contribution in [0.25, 0.3) is 0 Å². The van der Waals surface area contributed by atoms with Crippen LogP contribution in [0, 0.1) is 5.92 Å². The van der Waals surface area contributed by atoms with Gasteiger partial charge in [-0.05, 0) is 19.3 Å².